The minimum atomic E-state index is -0.952. The van der Waals surface area contributed by atoms with Gasteiger partial charge in [-0.15, -0.1) is 0 Å². The van der Waals surface area contributed by atoms with Crippen molar-refractivity contribution in [3.63, 3.8) is 0 Å². The van der Waals surface area contributed by atoms with Crippen LogP contribution in [0.4, 0.5) is 5.69 Å². The zero-order chi connectivity index (χ0) is 14.7. The van der Waals surface area contributed by atoms with Crippen LogP contribution in [0.5, 0.6) is 0 Å². The number of aromatic nitrogens is 2. The highest BCUT2D eigenvalue weighted by Crippen LogP contribution is 2.33. The van der Waals surface area contributed by atoms with Crippen LogP contribution >= 0.6 is 23.2 Å². The molecule has 2 rings (SSSR count). The molecule has 0 aromatic carbocycles. The molecule has 1 aromatic rings. The van der Waals surface area contributed by atoms with E-state index in [2.05, 4.69) is 15.3 Å². The van der Waals surface area contributed by atoms with Crippen molar-refractivity contribution in [2.24, 2.45) is 11.8 Å². The van der Waals surface area contributed by atoms with E-state index < -0.39 is 23.7 Å². The Hall–Kier alpha value is -1.40. The van der Waals surface area contributed by atoms with Crippen molar-refractivity contribution in [1.29, 1.82) is 0 Å². The Labute approximate surface area is 125 Å². The highest BCUT2D eigenvalue weighted by atomic mass is 35.5. The number of carbonyl (C=O) groups is 2. The Balaban J connectivity index is 2.16. The normalized spacial score (nSPS) is 22.3. The molecule has 2 N–H and O–H groups in total. The monoisotopic (exact) mass is 317 g/mol. The first-order valence-corrected chi connectivity index (χ1v) is 6.96. The van der Waals surface area contributed by atoms with E-state index in [-0.39, 0.29) is 16.0 Å². The minimum Gasteiger partial charge on any atom is -0.481 e. The van der Waals surface area contributed by atoms with Crippen molar-refractivity contribution >= 4 is 40.8 Å². The van der Waals surface area contributed by atoms with Gasteiger partial charge in [0.25, 0.3) is 0 Å². The van der Waals surface area contributed by atoms with Crippen LogP contribution in [0.1, 0.15) is 25.7 Å². The maximum atomic E-state index is 12.2. The molecule has 1 aliphatic carbocycles. The topological polar surface area (TPSA) is 92.2 Å². The van der Waals surface area contributed by atoms with Gasteiger partial charge in [-0.05, 0) is 12.8 Å². The molecule has 0 radical (unpaired) electrons. The van der Waals surface area contributed by atoms with E-state index in [4.69, 9.17) is 23.2 Å². The number of amides is 1. The van der Waals surface area contributed by atoms with Crippen molar-refractivity contribution in [3.8, 4) is 0 Å². The molecule has 1 heterocycles. The lowest BCUT2D eigenvalue weighted by atomic mass is 9.78. The number of hydrogen-bond acceptors (Lipinski definition) is 4. The zero-order valence-corrected chi connectivity index (χ0v) is 12.0. The molecule has 6 nitrogen and oxygen atoms in total. The maximum Gasteiger partial charge on any atom is 0.307 e. The van der Waals surface area contributed by atoms with Crippen LogP contribution in [0.3, 0.4) is 0 Å². The fourth-order valence-electron chi connectivity index (χ4n) is 2.40. The summed E-state index contributed by atoms with van der Waals surface area (Å²) in [6.45, 7) is 0. The van der Waals surface area contributed by atoms with Gasteiger partial charge >= 0.3 is 5.97 Å². The van der Waals surface area contributed by atoms with Crippen LogP contribution in [-0.2, 0) is 9.59 Å². The number of nitrogens with zero attached hydrogens (tertiary/aromatic N) is 2. The summed E-state index contributed by atoms with van der Waals surface area (Å²) in [4.78, 5) is 30.9. The Kier molecular flexibility index (Phi) is 4.77. The minimum absolute atomic E-state index is 0.0287. The summed E-state index contributed by atoms with van der Waals surface area (Å²) < 4.78 is 0. The second-order valence-electron chi connectivity index (χ2n) is 4.66. The van der Waals surface area contributed by atoms with Crippen molar-refractivity contribution in [2.75, 3.05) is 5.32 Å². The Bertz CT molecular complexity index is 518. The second kappa shape index (κ2) is 6.37. The summed E-state index contributed by atoms with van der Waals surface area (Å²) in [5.41, 5.74) is 0.121. The molecule has 2 atom stereocenters. The number of hydrogen-bond donors (Lipinski definition) is 2. The molecule has 1 fully saturated rings. The molecule has 1 aliphatic rings. The molecule has 1 aromatic heterocycles. The fourth-order valence-corrected chi connectivity index (χ4v) is 2.81. The molecule has 20 heavy (non-hydrogen) atoms. The summed E-state index contributed by atoms with van der Waals surface area (Å²) in [7, 11) is 0. The van der Waals surface area contributed by atoms with Crippen LogP contribution in [0.2, 0.25) is 10.3 Å². The third-order valence-electron chi connectivity index (χ3n) is 3.42. The molecule has 1 saturated carbocycles. The third-order valence-corrected chi connectivity index (χ3v) is 4.00. The summed E-state index contributed by atoms with van der Waals surface area (Å²) >= 11 is 11.7. The van der Waals surface area contributed by atoms with Crippen molar-refractivity contribution in [2.45, 2.75) is 25.7 Å². The number of carboxylic acids is 1. The van der Waals surface area contributed by atoms with E-state index >= 15 is 0 Å². The van der Waals surface area contributed by atoms with E-state index in [1.165, 1.54) is 6.33 Å². The van der Waals surface area contributed by atoms with Gasteiger partial charge < -0.3 is 10.4 Å². The smallest absolute Gasteiger partial charge is 0.307 e. The Morgan fingerprint density at radius 1 is 1.15 bits per heavy atom. The first kappa shape index (κ1) is 15.0. The first-order chi connectivity index (χ1) is 9.50. The van der Waals surface area contributed by atoms with Crippen LogP contribution in [0.25, 0.3) is 0 Å². The molecular formula is C12H13Cl2N3O3. The van der Waals surface area contributed by atoms with Gasteiger partial charge in [-0.1, -0.05) is 36.0 Å². The van der Waals surface area contributed by atoms with Gasteiger partial charge in [0.15, 0.2) is 10.3 Å². The third kappa shape index (κ3) is 3.19. The highest BCUT2D eigenvalue weighted by molar-refractivity contribution is 6.38. The number of carboxylic acid groups (broad SMARTS) is 1. The molecule has 0 bridgehead atoms. The van der Waals surface area contributed by atoms with Crippen LogP contribution in [0, 0.1) is 11.8 Å². The Morgan fingerprint density at radius 3 is 2.25 bits per heavy atom. The van der Waals surface area contributed by atoms with E-state index in [0.717, 1.165) is 12.8 Å². The lowest BCUT2D eigenvalue weighted by molar-refractivity contribution is -0.147. The molecule has 2 unspecified atom stereocenters. The van der Waals surface area contributed by atoms with E-state index in [0.29, 0.717) is 12.8 Å². The SMILES string of the molecule is O=C(O)C1CCCCC1C(=O)Nc1c(Cl)ncnc1Cl. The van der Waals surface area contributed by atoms with E-state index in [9.17, 15) is 14.7 Å². The molecule has 8 heteroatoms. The second-order valence-corrected chi connectivity index (χ2v) is 5.37. The van der Waals surface area contributed by atoms with Crippen LogP contribution in [-0.4, -0.2) is 27.0 Å². The number of carbonyl (C=O) groups excluding carboxylic acids is 1. The number of nitrogens with one attached hydrogen (secondary N) is 1. The number of anilines is 1. The Morgan fingerprint density at radius 2 is 1.70 bits per heavy atom. The van der Waals surface area contributed by atoms with Gasteiger partial charge in [0.05, 0.1) is 11.8 Å². The summed E-state index contributed by atoms with van der Waals surface area (Å²) in [6.07, 6.45) is 3.86. The predicted molar refractivity (Wildman–Crippen MR) is 73.8 cm³/mol. The van der Waals surface area contributed by atoms with Gasteiger partial charge in [-0.3, -0.25) is 9.59 Å². The van der Waals surface area contributed by atoms with Crippen LogP contribution in [0.15, 0.2) is 6.33 Å². The average molecular weight is 318 g/mol. The van der Waals surface area contributed by atoms with Crippen LogP contribution < -0.4 is 5.32 Å². The van der Waals surface area contributed by atoms with Crippen molar-refractivity contribution in [1.82, 2.24) is 9.97 Å². The van der Waals surface area contributed by atoms with Gasteiger partial charge in [0, 0.05) is 0 Å². The lowest BCUT2D eigenvalue weighted by Crippen LogP contribution is -2.36. The number of rotatable bonds is 3. The van der Waals surface area contributed by atoms with Crippen molar-refractivity contribution < 1.29 is 14.7 Å². The first-order valence-electron chi connectivity index (χ1n) is 6.20. The molecule has 108 valence electrons. The van der Waals surface area contributed by atoms with Gasteiger partial charge in [-0.25, -0.2) is 9.97 Å². The van der Waals surface area contributed by atoms with Gasteiger partial charge in [-0.2, -0.15) is 0 Å². The predicted octanol–water partition coefficient (Wildman–Crippen LogP) is 2.61. The molecule has 1 amide bonds. The summed E-state index contributed by atoms with van der Waals surface area (Å²) in [6, 6.07) is 0. The van der Waals surface area contributed by atoms with Gasteiger partial charge in [0.1, 0.15) is 12.0 Å². The fraction of sp³-hybridized carbons (Fsp3) is 0.500. The van der Waals surface area contributed by atoms with Gasteiger partial charge in [0.2, 0.25) is 5.91 Å². The quantitative estimate of drug-likeness (QED) is 0.836. The largest absolute Gasteiger partial charge is 0.481 e. The summed E-state index contributed by atoms with van der Waals surface area (Å²) in [5, 5.41) is 11.8. The molecule has 0 aliphatic heterocycles. The summed E-state index contributed by atoms with van der Waals surface area (Å²) in [5.74, 6) is -2.62. The van der Waals surface area contributed by atoms with E-state index in [1.807, 2.05) is 0 Å². The molecule has 0 saturated heterocycles. The average Bonchev–Trinajstić information content (AvgIpc) is 2.43. The highest BCUT2D eigenvalue weighted by Gasteiger charge is 2.36. The standard InChI is InChI=1S/C12H13Cl2N3O3/c13-9-8(10(14)16-5-15-9)17-11(18)6-3-1-2-4-7(6)12(19)20/h5-7H,1-4H2,(H,17,18)(H,19,20). The molecular weight excluding hydrogens is 305 g/mol. The zero-order valence-electron chi connectivity index (χ0n) is 10.5. The molecule has 0 spiro atoms. The van der Waals surface area contributed by atoms with E-state index in [1.54, 1.807) is 0 Å². The number of halogens is 2. The van der Waals surface area contributed by atoms with Crippen molar-refractivity contribution in [3.05, 3.63) is 16.6 Å². The number of aliphatic carboxylic acids is 1. The lowest BCUT2D eigenvalue weighted by Gasteiger charge is -2.27. The maximum absolute atomic E-state index is 12.2.